The van der Waals surface area contributed by atoms with Gasteiger partial charge in [-0.1, -0.05) is 246 Å². The summed E-state index contributed by atoms with van der Waals surface area (Å²) in [6.45, 7) is 9.59. The summed E-state index contributed by atoms with van der Waals surface area (Å²) in [7, 11) is 0. The highest BCUT2D eigenvalue weighted by molar-refractivity contribution is 5.93. The van der Waals surface area contributed by atoms with Gasteiger partial charge in [-0.25, -0.2) is 0 Å². The van der Waals surface area contributed by atoms with Gasteiger partial charge in [-0.05, 0) is 148 Å². The summed E-state index contributed by atoms with van der Waals surface area (Å²) in [5, 5.41) is 0. The van der Waals surface area contributed by atoms with Gasteiger partial charge < -0.3 is 4.90 Å². The van der Waals surface area contributed by atoms with Gasteiger partial charge in [-0.15, -0.1) is 0 Å². The lowest BCUT2D eigenvalue weighted by Crippen LogP contribution is -2.18. The summed E-state index contributed by atoms with van der Waals surface area (Å²) in [5.74, 6) is 0. The summed E-state index contributed by atoms with van der Waals surface area (Å²) in [6, 6.07) is 96.4. The van der Waals surface area contributed by atoms with Gasteiger partial charge >= 0.3 is 0 Å². The largest absolute Gasteiger partial charge is 0.310 e. The second-order valence-corrected chi connectivity index (χ2v) is 20.9. The Kier molecular flexibility index (Phi) is 10.6. The van der Waals surface area contributed by atoms with E-state index in [-0.39, 0.29) is 10.8 Å². The Hall–Kier alpha value is -8.78. The summed E-state index contributed by atoms with van der Waals surface area (Å²) < 4.78 is 0. The van der Waals surface area contributed by atoms with Crippen molar-refractivity contribution < 1.29 is 0 Å². The van der Waals surface area contributed by atoms with E-state index in [4.69, 9.17) is 0 Å². The third kappa shape index (κ3) is 7.63. The number of hydrogen-bond donors (Lipinski definition) is 0. The molecule has 13 rings (SSSR count). The fourth-order valence-electron chi connectivity index (χ4n) is 11.9. The maximum absolute atomic E-state index is 2.50. The van der Waals surface area contributed by atoms with Crippen LogP contribution >= 0.6 is 0 Å². The second kappa shape index (κ2) is 17.5. The molecule has 0 aromatic heterocycles. The second-order valence-electron chi connectivity index (χ2n) is 20.9. The lowest BCUT2D eigenvalue weighted by Gasteiger charge is -2.31. The van der Waals surface area contributed by atoms with Crippen LogP contribution in [0.1, 0.15) is 49.9 Å². The van der Waals surface area contributed by atoms with E-state index in [1.165, 1.54) is 111 Å². The SMILES string of the molecule is CC1(C)c2cc(-c3ccc(-c4ccccc4)cc3)ccc2-c2ccc(N(c3ccc4c(c3)C(C)(C)c3cc(-c5ccc(-c6ccc(-c7ccccc7)cc6)cc5)ccc3-4)c3ccccc3-c3ccccc3)cc21. The number of benzene rings is 11. The monoisotopic (exact) mass is 933 g/mol. The lowest BCUT2D eigenvalue weighted by molar-refractivity contribution is 0.660. The lowest BCUT2D eigenvalue weighted by atomic mass is 9.81. The van der Waals surface area contributed by atoms with Crippen molar-refractivity contribution in [1.29, 1.82) is 0 Å². The number of para-hydroxylation sites is 1. The molecular weight excluding hydrogens is 879 g/mol. The molecule has 11 aromatic rings. The average molecular weight is 934 g/mol. The Morgan fingerprint density at radius 2 is 0.493 bits per heavy atom. The normalized spacial score (nSPS) is 13.4. The third-order valence-electron chi connectivity index (χ3n) is 15.9. The van der Waals surface area contributed by atoms with Gasteiger partial charge in [0.15, 0.2) is 0 Å². The van der Waals surface area contributed by atoms with E-state index in [9.17, 15) is 0 Å². The summed E-state index contributed by atoms with van der Waals surface area (Å²) >= 11 is 0. The first-order valence-corrected chi connectivity index (χ1v) is 25.6. The molecule has 73 heavy (non-hydrogen) atoms. The van der Waals surface area contributed by atoms with E-state index in [0.717, 1.165) is 17.1 Å². The van der Waals surface area contributed by atoms with Crippen LogP contribution in [0.15, 0.2) is 261 Å². The molecule has 0 amide bonds. The van der Waals surface area contributed by atoms with Gasteiger partial charge in [0.05, 0.1) is 5.69 Å². The Labute approximate surface area is 430 Å². The fourth-order valence-corrected chi connectivity index (χ4v) is 11.9. The molecule has 11 aromatic carbocycles. The molecule has 0 fully saturated rings. The number of anilines is 3. The highest BCUT2D eigenvalue weighted by Crippen LogP contribution is 2.55. The van der Waals surface area contributed by atoms with Gasteiger partial charge in [0.25, 0.3) is 0 Å². The van der Waals surface area contributed by atoms with Gasteiger partial charge in [-0.2, -0.15) is 0 Å². The average Bonchev–Trinajstić information content (AvgIpc) is 3.82. The van der Waals surface area contributed by atoms with Crippen molar-refractivity contribution in [1.82, 2.24) is 0 Å². The number of rotatable bonds is 9. The van der Waals surface area contributed by atoms with Gasteiger partial charge in [0.1, 0.15) is 0 Å². The first-order valence-electron chi connectivity index (χ1n) is 25.6. The maximum atomic E-state index is 2.50. The summed E-state index contributed by atoms with van der Waals surface area (Å²) in [5.41, 5.74) is 28.3. The van der Waals surface area contributed by atoms with Crippen molar-refractivity contribution in [2.75, 3.05) is 4.90 Å². The zero-order valence-electron chi connectivity index (χ0n) is 41.8. The van der Waals surface area contributed by atoms with Crippen molar-refractivity contribution >= 4 is 17.1 Å². The third-order valence-corrected chi connectivity index (χ3v) is 15.9. The van der Waals surface area contributed by atoms with Crippen LogP contribution in [0.25, 0.3) is 89.0 Å². The molecule has 0 aliphatic heterocycles. The van der Waals surface area contributed by atoms with Crippen molar-refractivity contribution in [2.45, 2.75) is 38.5 Å². The number of fused-ring (bicyclic) bond motifs is 6. The molecular formula is C72H55N. The Balaban J connectivity index is 0.849. The fraction of sp³-hybridized carbons (Fsp3) is 0.0833. The molecule has 0 saturated carbocycles. The van der Waals surface area contributed by atoms with E-state index >= 15 is 0 Å². The standard InChI is InChI=1S/C72H55N/c1-71(2)66-44-57(54-32-28-51(29-33-54)49-18-10-6-11-19-49)36-40-62(66)64-42-38-59(46-68(64)71)73(70-23-15-14-22-61(70)56-20-12-7-13-21-56)60-39-43-65-63-41-37-58(45-67(63)72(3,4)69(65)47-60)55-34-30-53(31-35-55)52-26-24-50(25-27-52)48-16-8-5-9-17-48/h5-47H,1-4H3. The Morgan fingerprint density at radius 3 is 0.877 bits per heavy atom. The zero-order valence-corrected chi connectivity index (χ0v) is 41.8. The van der Waals surface area contributed by atoms with Crippen LogP contribution in [0.2, 0.25) is 0 Å². The zero-order chi connectivity index (χ0) is 49.3. The van der Waals surface area contributed by atoms with Crippen LogP contribution in [0.4, 0.5) is 17.1 Å². The minimum Gasteiger partial charge on any atom is -0.310 e. The number of nitrogens with zero attached hydrogens (tertiary/aromatic N) is 1. The van der Waals surface area contributed by atoms with Crippen molar-refractivity contribution in [2.24, 2.45) is 0 Å². The van der Waals surface area contributed by atoms with Crippen LogP contribution < -0.4 is 4.90 Å². The summed E-state index contributed by atoms with van der Waals surface area (Å²) in [6.07, 6.45) is 0. The van der Waals surface area contributed by atoms with E-state index in [1.54, 1.807) is 0 Å². The molecule has 0 N–H and O–H groups in total. The highest BCUT2D eigenvalue weighted by atomic mass is 15.1. The summed E-state index contributed by atoms with van der Waals surface area (Å²) in [4.78, 5) is 2.50. The first kappa shape index (κ1) is 44.2. The van der Waals surface area contributed by atoms with Crippen molar-refractivity contribution in [3.05, 3.63) is 283 Å². The van der Waals surface area contributed by atoms with Gasteiger partial charge in [0, 0.05) is 27.8 Å². The Morgan fingerprint density at radius 1 is 0.219 bits per heavy atom. The molecule has 0 radical (unpaired) electrons. The van der Waals surface area contributed by atoms with Crippen LogP contribution in [0.5, 0.6) is 0 Å². The van der Waals surface area contributed by atoms with Crippen molar-refractivity contribution in [3.8, 4) is 89.0 Å². The van der Waals surface area contributed by atoms with Crippen LogP contribution in [0.3, 0.4) is 0 Å². The number of hydrogen-bond acceptors (Lipinski definition) is 1. The molecule has 348 valence electrons. The van der Waals surface area contributed by atoms with Crippen LogP contribution in [0, 0.1) is 0 Å². The molecule has 0 spiro atoms. The molecule has 0 heterocycles. The van der Waals surface area contributed by atoms with E-state index in [2.05, 4.69) is 293 Å². The van der Waals surface area contributed by atoms with Crippen LogP contribution in [-0.2, 0) is 10.8 Å². The molecule has 2 aliphatic carbocycles. The molecule has 1 heteroatoms. The van der Waals surface area contributed by atoms with Crippen LogP contribution in [-0.4, -0.2) is 0 Å². The van der Waals surface area contributed by atoms with Gasteiger partial charge in [-0.3, -0.25) is 0 Å². The van der Waals surface area contributed by atoms with E-state index < -0.39 is 0 Å². The molecule has 0 bridgehead atoms. The smallest absolute Gasteiger partial charge is 0.0540 e. The minimum absolute atomic E-state index is 0.223. The van der Waals surface area contributed by atoms with Crippen molar-refractivity contribution in [3.63, 3.8) is 0 Å². The molecule has 1 nitrogen and oxygen atoms in total. The topological polar surface area (TPSA) is 3.24 Å². The maximum Gasteiger partial charge on any atom is 0.0540 e. The predicted octanol–water partition coefficient (Wildman–Crippen LogP) is 19.8. The minimum atomic E-state index is -0.233. The first-order chi connectivity index (χ1) is 35.7. The van der Waals surface area contributed by atoms with E-state index in [1.807, 2.05) is 0 Å². The van der Waals surface area contributed by atoms with E-state index in [0.29, 0.717) is 0 Å². The molecule has 0 saturated heterocycles. The molecule has 0 atom stereocenters. The van der Waals surface area contributed by atoms with Gasteiger partial charge in [0.2, 0.25) is 0 Å². The molecule has 2 aliphatic rings. The quantitative estimate of drug-likeness (QED) is 0.139. The molecule has 0 unspecified atom stereocenters. The highest BCUT2D eigenvalue weighted by Gasteiger charge is 2.38. The Bertz CT molecular complexity index is 3850. The predicted molar refractivity (Wildman–Crippen MR) is 309 cm³/mol.